The first-order chi connectivity index (χ1) is 35.7. The Morgan fingerprint density at radius 3 is 1.11 bits per heavy atom. The Bertz CT molecular complexity index is 2350. The summed E-state index contributed by atoms with van der Waals surface area (Å²) in [5.74, 6) is 8.02. The van der Waals surface area contributed by atoms with Gasteiger partial charge in [-0.1, -0.05) is 35.7 Å². The van der Waals surface area contributed by atoms with Gasteiger partial charge in [0.2, 0.25) is 11.5 Å². The number of rotatable bonds is 28. The number of ether oxygens (including phenoxy) is 10. The molecule has 0 spiro atoms. The van der Waals surface area contributed by atoms with Gasteiger partial charge in [0.25, 0.3) is 0 Å². The Balaban J connectivity index is 0.967. The number of quaternary nitrogens is 2. The molecule has 2 aliphatic rings. The van der Waals surface area contributed by atoms with Crippen molar-refractivity contribution in [1.82, 2.24) is 0 Å². The molecule has 0 unspecified atom stereocenters. The zero-order valence-electron chi connectivity index (χ0n) is 45.9. The third-order valence-electron chi connectivity index (χ3n) is 15.0. The summed E-state index contributed by atoms with van der Waals surface area (Å²) in [7, 11) is 21.1. The third kappa shape index (κ3) is 13.9. The summed E-state index contributed by atoms with van der Waals surface area (Å²) in [5, 5.41) is 0.383. The molecular formula is C58H80N2O12S2+2. The molecule has 6 rings (SSSR count). The minimum Gasteiger partial charge on any atom is -0.493 e. The van der Waals surface area contributed by atoms with Gasteiger partial charge < -0.3 is 56.3 Å². The fourth-order valence-corrected chi connectivity index (χ4v) is 12.3. The van der Waals surface area contributed by atoms with Crippen molar-refractivity contribution < 1.29 is 65.9 Å². The van der Waals surface area contributed by atoms with E-state index < -0.39 is 0 Å². The van der Waals surface area contributed by atoms with Gasteiger partial charge >= 0.3 is 0 Å². The first-order valence-electron chi connectivity index (χ1n) is 25.5. The number of allylic oxidation sites excluding steroid dienone is 2. The van der Waals surface area contributed by atoms with E-state index in [0.29, 0.717) is 71.7 Å². The number of carbonyl (C=O) groups excluding carboxylic acids is 2. The lowest BCUT2D eigenvalue weighted by molar-refractivity contribution is -0.941. The summed E-state index contributed by atoms with van der Waals surface area (Å²) in [6, 6.07) is 16.9. The summed E-state index contributed by atoms with van der Waals surface area (Å²) < 4.78 is 58.7. The van der Waals surface area contributed by atoms with Crippen LogP contribution in [-0.2, 0) is 35.3 Å². The van der Waals surface area contributed by atoms with Gasteiger partial charge in [0, 0.05) is 74.0 Å². The normalized spacial score (nSPS) is 19.0. The molecule has 14 nitrogen and oxygen atoms in total. The Hall–Kier alpha value is -5.42. The number of likely N-dealkylation sites (N-methyl/N-ethyl adjacent to an activating group) is 2. The van der Waals surface area contributed by atoms with Crippen LogP contribution >= 0.6 is 23.5 Å². The van der Waals surface area contributed by atoms with E-state index in [4.69, 9.17) is 47.4 Å². The Labute approximate surface area is 448 Å². The molecule has 404 valence electrons. The van der Waals surface area contributed by atoms with Crippen LogP contribution in [0.4, 0.5) is 0 Å². The van der Waals surface area contributed by atoms with Gasteiger partial charge in [0.05, 0.1) is 111 Å². The molecule has 2 heterocycles. The lowest BCUT2D eigenvalue weighted by Gasteiger charge is -2.46. The van der Waals surface area contributed by atoms with E-state index in [2.05, 4.69) is 38.4 Å². The molecule has 0 saturated heterocycles. The Morgan fingerprint density at radius 1 is 0.473 bits per heavy atom. The van der Waals surface area contributed by atoms with E-state index in [1.807, 2.05) is 36.4 Å². The zero-order chi connectivity index (χ0) is 53.4. The molecule has 4 aromatic carbocycles. The lowest BCUT2D eigenvalue weighted by Crippen LogP contribution is -2.52. The number of benzene rings is 4. The lowest BCUT2D eigenvalue weighted by atomic mass is 9.86. The van der Waals surface area contributed by atoms with Gasteiger partial charge in [0.15, 0.2) is 56.2 Å². The molecule has 2 aliphatic heterocycles. The van der Waals surface area contributed by atoms with Gasteiger partial charge in [-0.3, -0.25) is 9.59 Å². The van der Waals surface area contributed by atoms with Crippen molar-refractivity contribution >= 4 is 33.8 Å². The largest absolute Gasteiger partial charge is 0.493 e. The standard InChI is InChI=1S/C58H80N2O12S2/c1-59(25-21-41-35-47(63-3)49(65-5)37-43(41)45(59)29-39-31-51(67-7)57(71-11)52(32-39)68-8)23-17-27-73-55(61)19-15-13-14-16-20-56(62)74-28-18-24-60(2)26-22-42-36-48(64-4)50(66-6)38-44(42)46(60)30-40-33-53(69-9)58(72-12)54(34-40)70-10/h13-14,31-38,45-46H,15-30H2,1-12H3/q+2/b14-13+/t45-,46-,59-,60+/m1/s1. The quantitative estimate of drug-likeness (QED) is 0.0304. The van der Waals surface area contributed by atoms with Crippen LogP contribution in [0.1, 0.15) is 84.0 Å². The predicted molar refractivity (Wildman–Crippen MR) is 295 cm³/mol. The molecule has 0 aliphatic carbocycles. The maximum absolute atomic E-state index is 13.1. The Kier molecular flexibility index (Phi) is 21.4. The van der Waals surface area contributed by atoms with Crippen LogP contribution in [0.5, 0.6) is 57.5 Å². The maximum Gasteiger partial charge on any atom is 0.203 e. The van der Waals surface area contributed by atoms with Crippen LogP contribution in [0.3, 0.4) is 0 Å². The molecule has 0 amide bonds. The van der Waals surface area contributed by atoms with E-state index in [1.165, 1.54) is 45.8 Å². The fourth-order valence-electron chi connectivity index (χ4n) is 10.8. The zero-order valence-corrected chi connectivity index (χ0v) is 47.5. The van der Waals surface area contributed by atoms with Crippen molar-refractivity contribution in [3.8, 4) is 57.5 Å². The summed E-state index contributed by atoms with van der Waals surface area (Å²) in [5.41, 5.74) is 7.14. The number of fused-ring (bicyclic) bond motifs is 2. The number of carbonyl (C=O) groups is 2. The van der Waals surface area contributed by atoms with Crippen LogP contribution in [0.15, 0.2) is 60.7 Å². The van der Waals surface area contributed by atoms with Crippen LogP contribution in [0, 0.1) is 0 Å². The SMILES string of the molecule is COc1cc2c(cc1OC)[C@@H](Cc1cc(OC)c(OC)c(OC)c1)[N@@+](C)(CCCSC(=O)CC/C=C/CCC(=O)SCCC[N@+]1(C)CCc3cc(OC)c(OC)cc3[C@H]1Cc1cc(OC)c(OC)c(OC)c1)CC2. The van der Waals surface area contributed by atoms with Gasteiger partial charge in [0.1, 0.15) is 12.1 Å². The molecule has 0 radical (unpaired) electrons. The van der Waals surface area contributed by atoms with Crippen LogP contribution < -0.4 is 47.4 Å². The van der Waals surface area contributed by atoms with E-state index >= 15 is 0 Å². The van der Waals surface area contributed by atoms with E-state index in [9.17, 15) is 9.59 Å². The second-order valence-corrected chi connectivity index (χ2v) is 21.7. The molecule has 4 atom stereocenters. The highest BCUT2D eigenvalue weighted by atomic mass is 32.2. The van der Waals surface area contributed by atoms with Crippen molar-refractivity contribution in [2.75, 3.05) is 123 Å². The number of methoxy groups -OCH3 is 10. The van der Waals surface area contributed by atoms with Crippen LogP contribution in [0.25, 0.3) is 0 Å². The first kappa shape index (κ1) is 57.9. The molecule has 0 bridgehead atoms. The average Bonchev–Trinajstić information content (AvgIpc) is 3.42. The van der Waals surface area contributed by atoms with Gasteiger partial charge in [-0.2, -0.15) is 0 Å². The molecule has 0 saturated carbocycles. The average molecular weight is 1060 g/mol. The number of thioether (sulfide) groups is 2. The summed E-state index contributed by atoms with van der Waals surface area (Å²) in [6.07, 6.45) is 11.4. The minimum absolute atomic E-state index is 0.109. The summed E-state index contributed by atoms with van der Waals surface area (Å²) in [4.78, 5) is 26.1. The highest BCUT2D eigenvalue weighted by Crippen LogP contribution is 2.47. The Morgan fingerprint density at radius 2 is 0.797 bits per heavy atom. The van der Waals surface area contributed by atoms with Crippen molar-refractivity contribution in [2.24, 2.45) is 0 Å². The van der Waals surface area contributed by atoms with E-state index in [0.717, 1.165) is 108 Å². The van der Waals surface area contributed by atoms with Crippen molar-refractivity contribution in [3.05, 3.63) is 94.1 Å². The first-order valence-corrected chi connectivity index (χ1v) is 27.4. The topological polar surface area (TPSA) is 126 Å². The second kappa shape index (κ2) is 27.4. The molecule has 0 N–H and O–H groups in total. The van der Waals surface area contributed by atoms with Gasteiger partial charge in [-0.25, -0.2) is 0 Å². The predicted octanol–water partition coefficient (Wildman–Crippen LogP) is 10.5. The highest BCUT2D eigenvalue weighted by molar-refractivity contribution is 8.13. The fraction of sp³-hybridized carbons (Fsp3) is 0.517. The van der Waals surface area contributed by atoms with Crippen LogP contribution in [0.2, 0.25) is 0 Å². The summed E-state index contributed by atoms with van der Waals surface area (Å²) in [6.45, 7) is 3.71. The minimum atomic E-state index is 0.109. The van der Waals surface area contributed by atoms with Crippen molar-refractivity contribution in [2.45, 2.75) is 76.3 Å². The maximum atomic E-state index is 13.1. The smallest absolute Gasteiger partial charge is 0.203 e. The van der Waals surface area contributed by atoms with Crippen LogP contribution in [-0.4, -0.2) is 142 Å². The number of hydrogen-bond donors (Lipinski definition) is 0. The van der Waals surface area contributed by atoms with E-state index in [1.54, 1.807) is 71.1 Å². The molecule has 74 heavy (non-hydrogen) atoms. The second-order valence-electron chi connectivity index (χ2n) is 19.4. The molecule has 0 aromatic heterocycles. The highest BCUT2D eigenvalue weighted by Gasteiger charge is 2.42. The van der Waals surface area contributed by atoms with Crippen molar-refractivity contribution in [3.63, 3.8) is 0 Å². The number of hydrogen-bond acceptors (Lipinski definition) is 14. The van der Waals surface area contributed by atoms with E-state index in [-0.39, 0.29) is 22.3 Å². The van der Waals surface area contributed by atoms with Crippen molar-refractivity contribution in [1.29, 1.82) is 0 Å². The molecule has 0 fully saturated rings. The molecular weight excluding hydrogens is 981 g/mol. The third-order valence-corrected chi connectivity index (χ3v) is 17.0. The number of nitrogens with zero attached hydrogens (tertiary/aromatic N) is 2. The summed E-state index contributed by atoms with van der Waals surface area (Å²) >= 11 is 2.85. The molecule has 4 aromatic rings. The molecule has 16 heteroatoms. The van der Waals surface area contributed by atoms with Gasteiger partial charge in [-0.05, 0) is 83.6 Å². The van der Waals surface area contributed by atoms with Gasteiger partial charge in [-0.15, -0.1) is 0 Å². The monoisotopic (exact) mass is 1060 g/mol.